The van der Waals surface area contributed by atoms with E-state index in [0.717, 1.165) is 0 Å². The summed E-state index contributed by atoms with van der Waals surface area (Å²) in [5, 5.41) is 9.11. The second-order valence-corrected chi connectivity index (χ2v) is 4.50. The van der Waals surface area contributed by atoms with E-state index >= 15 is 0 Å². The highest BCUT2D eigenvalue weighted by molar-refractivity contribution is 7.84. The van der Waals surface area contributed by atoms with Gasteiger partial charge in [0, 0.05) is 17.1 Å². The Hall–Kier alpha value is 0.110. The lowest BCUT2D eigenvalue weighted by Crippen LogP contribution is -2.36. The smallest absolute Gasteiger partial charge is 0.0731 e. The SMILES string of the molecule is CC(S(C)=O)C(C)(C)O. The Morgan fingerprint density at radius 1 is 1.56 bits per heavy atom. The van der Waals surface area contributed by atoms with Crippen molar-refractivity contribution in [1.29, 1.82) is 0 Å². The van der Waals surface area contributed by atoms with Gasteiger partial charge in [-0.15, -0.1) is 0 Å². The summed E-state index contributed by atoms with van der Waals surface area (Å²) in [6.45, 7) is 5.11. The van der Waals surface area contributed by atoms with Crippen LogP contribution >= 0.6 is 0 Å². The molecular formula is C6H14O2S. The van der Waals surface area contributed by atoms with Crippen LogP contribution in [0, 0.1) is 0 Å². The molecule has 0 bridgehead atoms. The molecule has 0 aromatic heterocycles. The molecule has 56 valence electrons. The van der Waals surface area contributed by atoms with Gasteiger partial charge in [0.1, 0.15) is 0 Å². The summed E-state index contributed by atoms with van der Waals surface area (Å²) in [6, 6.07) is 0. The summed E-state index contributed by atoms with van der Waals surface area (Å²) in [5.74, 6) is 0. The van der Waals surface area contributed by atoms with E-state index in [0.29, 0.717) is 0 Å². The van der Waals surface area contributed by atoms with Crippen molar-refractivity contribution in [1.82, 2.24) is 0 Å². The molecule has 9 heavy (non-hydrogen) atoms. The van der Waals surface area contributed by atoms with Gasteiger partial charge in [-0.2, -0.15) is 0 Å². The van der Waals surface area contributed by atoms with Crippen LogP contribution < -0.4 is 0 Å². The van der Waals surface area contributed by atoms with Crippen LogP contribution in [0.5, 0.6) is 0 Å². The minimum atomic E-state index is -0.930. The average molecular weight is 150 g/mol. The molecule has 3 heteroatoms. The zero-order valence-corrected chi connectivity index (χ0v) is 7.16. The van der Waals surface area contributed by atoms with E-state index in [1.54, 1.807) is 27.0 Å². The summed E-state index contributed by atoms with van der Waals surface area (Å²) < 4.78 is 10.7. The minimum absolute atomic E-state index is 0.155. The van der Waals surface area contributed by atoms with E-state index in [-0.39, 0.29) is 5.25 Å². The Labute approximate surface area is 58.7 Å². The summed E-state index contributed by atoms with van der Waals surface area (Å²) >= 11 is 0. The highest BCUT2D eigenvalue weighted by atomic mass is 32.2. The Kier molecular flexibility index (Phi) is 2.83. The van der Waals surface area contributed by atoms with Crippen LogP contribution in [0.1, 0.15) is 20.8 Å². The maximum absolute atomic E-state index is 10.7. The van der Waals surface area contributed by atoms with Crippen molar-refractivity contribution < 1.29 is 9.32 Å². The number of hydrogen-bond acceptors (Lipinski definition) is 2. The molecule has 1 N–H and O–H groups in total. The molecule has 0 saturated heterocycles. The molecule has 0 spiro atoms. The highest BCUT2D eigenvalue weighted by Gasteiger charge is 2.24. The number of rotatable bonds is 2. The molecule has 0 amide bonds. The van der Waals surface area contributed by atoms with Crippen LogP contribution in [0.25, 0.3) is 0 Å². The Morgan fingerprint density at radius 2 is 1.89 bits per heavy atom. The fourth-order valence-corrected chi connectivity index (χ4v) is 1.22. The van der Waals surface area contributed by atoms with Crippen molar-refractivity contribution in [2.24, 2.45) is 0 Å². The third kappa shape index (κ3) is 2.96. The molecule has 2 atom stereocenters. The van der Waals surface area contributed by atoms with Crippen LogP contribution in [-0.2, 0) is 10.8 Å². The molecule has 0 aromatic carbocycles. The van der Waals surface area contributed by atoms with Gasteiger partial charge in [0.05, 0.1) is 10.9 Å². The molecule has 0 aliphatic heterocycles. The molecule has 2 nitrogen and oxygen atoms in total. The standard InChI is InChI=1S/C6H14O2S/c1-5(9(4)8)6(2,3)7/h5,7H,1-4H3. The first-order valence-corrected chi connectivity index (χ1v) is 4.52. The molecule has 0 heterocycles. The summed E-state index contributed by atoms with van der Waals surface area (Å²) in [4.78, 5) is 0. The first kappa shape index (κ1) is 9.11. The predicted molar refractivity (Wildman–Crippen MR) is 39.8 cm³/mol. The van der Waals surface area contributed by atoms with Gasteiger partial charge in [-0.1, -0.05) is 0 Å². The maximum atomic E-state index is 10.7. The largest absolute Gasteiger partial charge is 0.389 e. The van der Waals surface area contributed by atoms with Crippen molar-refractivity contribution in [3.63, 3.8) is 0 Å². The van der Waals surface area contributed by atoms with Gasteiger partial charge >= 0.3 is 0 Å². The summed E-state index contributed by atoms with van der Waals surface area (Å²) in [6.07, 6.45) is 1.60. The predicted octanol–water partition coefficient (Wildman–Crippen LogP) is 0.524. The third-order valence-corrected chi connectivity index (χ3v) is 3.07. The quantitative estimate of drug-likeness (QED) is 0.623. The Morgan fingerprint density at radius 3 is 1.89 bits per heavy atom. The fourth-order valence-electron chi connectivity index (χ4n) is 0.406. The van der Waals surface area contributed by atoms with Crippen molar-refractivity contribution >= 4 is 10.8 Å². The summed E-state index contributed by atoms with van der Waals surface area (Å²) in [7, 11) is -0.930. The minimum Gasteiger partial charge on any atom is -0.389 e. The second kappa shape index (κ2) is 2.80. The second-order valence-electron chi connectivity index (χ2n) is 2.79. The molecule has 0 aliphatic rings. The topological polar surface area (TPSA) is 37.3 Å². The number of aliphatic hydroxyl groups is 1. The molecule has 0 radical (unpaired) electrons. The molecule has 0 rings (SSSR count). The van der Waals surface area contributed by atoms with E-state index < -0.39 is 16.4 Å². The molecular weight excluding hydrogens is 136 g/mol. The van der Waals surface area contributed by atoms with Gasteiger partial charge in [0.2, 0.25) is 0 Å². The molecule has 2 unspecified atom stereocenters. The van der Waals surface area contributed by atoms with Gasteiger partial charge in [0.25, 0.3) is 0 Å². The van der Waals surface area contributed by atoms with Crippen molar-refractivity contribution in [2.45, 2.75) is 31.6 Å². The van der Waals surface area contributed by atoms with Crippen LogP contribution in [-0.4, -0.2) is 26.4 Å². The first-order chi connectivity index (χ1) is 3.85. The maximum Gasteiger partial charge on any atom is 0.0731 e. The average Bonchev–Trinajstić information content (AvgIpc) is 1.62. The molecule has 0 aromatic rings. The van der Waals surface area contributed by atoms with Crippen LogP contribution in [0.15, 0.2) is 0 Å². The van der Waals surface area contributed by atoms with Gasteiger partial charge in [-0.3, -0.25) is 4.21 Å². The lowest BCUT2D eigenvalue weighted by atomic mass is 10.1. The lowest BCUT2D eigenvalue weighted by Gasteiger charge is -2.23. The van der Waals surface area contributed by atoms with Crippen molar-refractivity contribution in [2.75, 3.05) is 6.26 Å². The van der Waals surface area contributed by atoms with Crippen LogP contribution in [0.4, 0.5) is 0 Å². The van der Waals surface area contributed by atoms with Crippen LogP contribution in [0.2, 0.25) is 0 Å². The highest BCUT2D eigenvalue weighted by Crippen LogP contribution is 2.12. The van der Waals surface area contributed by atoms with E-state index in [2.05, 4.69) is 0 Å². The van der Waals surface area contributed by atoms with E-state index in [1.165, 1.54) is 0 Å². The number of hydrogen-bond donors (Lipinski definition) is 1. The van der Waals surface area contributed by atoms with E-state index in [4.69, 9.17) is 0 Å². The van der Waals surface area contributed by atoms with Gasteiger partial charge < -0.3 is 5.11 Å². The van der Waals surface area contributed by atoms with Gasteiger partial charge in [-0.25, -0.2) is 0 Å². The van der Waals surface area contributed by atoms with Crippen molar-refractivity contribution in [3.05, 3.63) is 0 Å². The van der Waals surface area contributed by atoms with E-state index in [1.807, 2.05) is 0 Å². The fraction of sp³-hybridized carbons (Fsp3) is 1.00. The monoisotopic (exact) mass is 150 g/mol. The molecule has 0 saturated carbocycles. The Balaban J connectivity index is 4.04. The zero-order valence-electron chi connectivity index (χ0n) is 6.34. The summed E-state index contributed by atoms with van der Waals surface area (Å²) in [5.41, 5.74) is -0.820. The first-order valence-electron chi connectivity index (χ1n) is 2.90. The van der Waals surface area contributed by atoms with Gasteiger partial charge in [0.15, 0.2) is 0 Å². The molecule has 0 fully saturated rings. The third-order valence-electron chi connectivity index (χ3n) is 1.49. The lowest BCUT2D eigenvalue weighted by molar-refractivity contribution is 0.0812. The normalized spacial score (nSPS) is 19.2. The van der Waals surface area contributed by atoms with Crippen LogP contribution in [0.3, 0.4) is 0 Å². The Bertz CT molecular complexity index is 115. The van der Waals surface area contributed by atoms with Crippen molar-refractivity contribution in [3.8, 4) is 0 Å². The van der Waals surface area contributed by atoms with E-state index in [9.17, 15) is 9.32 Å². The zero-order chi connectivity index (χ0) is 7.65. The van der Waals surface area contributed by atoms with Gasteiger partial charge in [-0.05, 0) is 20.8 Å². The molecule has 0 aliphatic carbocycles.